The van der Waals surface area contributed by atoms with Crippen LogP contribution in [0.2, 0.25) is 0 Å². The first-order chi connectivity index (χ1) is 6.74. The zero-order chi connectivity index (χ0) is 10.1. The number of amides is 1. The summed E-state index contributed by atoms with van der Waals surface area (Å²) in [5.41, 5.74) is 2.13. The Bertz CT molecular complexity index is 362. The summed E-state index contributed by atoms with van der Waals surface area (Å²) >= 11 is 0. The maximum atomic E-state index is 11.5. The van der Waals surface area contributed by atoms with Crippen LogP contribution in [0.25, 0.3) is 0 Å². The molecule has 0 bridgehead atoms. The van der Waals surface area contributed by atoms with Gasteiger partial charge in [-0.05, 0) is 25.0 Å². The van der Waals surface area contributed by atoms with E-state index in [9.17, 15) is 4.79 Å². The van der Waals surface area contributed by atoms with Crippen molar-refractivity contribution in [3.63, 3.8) is 0 Å². The van der Waals surface area contributed by atoms with Crippen LogP contribution in [0.5, 0.6) is 0 Å². The summed E-state index contributed by atoms with van der Waals surface area (Å²) in [5.74, 6) is -0.220. The van der Waals surface area contributed by atoms with Crippen LogP contribution in [-0.4, -0.2) is 23.7 Å². The Morgan fingerprint density at radius 2 is 2.29 bits per heavy atom. The van der Waals surface area contributed by atoms with E-state index in [2.05, 4.69) is 0 Å². The normalized spacial score (nSPS) is 19.6. The van der Waals surface area contributed by atoms with Gasteiger partial charge in [-0.2, -0.15) is 0 Å². The van der Waals surface area contributed by atoms with Crippen LogP contribution in [-0.2, 0) is 11.2 Å². The fraction of sp³-hybridized carbons (Fsp3) is 0.364. The number of hydrogen-bond acceptors (Lipinski definition) is 2. The molecule has 1 aromatic carbocycles. The molecule has 0 fully saturated rings. The Kier molecular flexibility index (Phi) is 2.25. The number of carbonyl (C=O) groups is 1. The molecule has 1 aromatic rings. The fourth-order valence-corrected chi connectivity index (χ4v) is 2.02. The van der Waals surface area contributed by atoms with Gasteiger partial charge in [-0.25, -0.2) is 0 Å². The molecule has 0 spiro atoms. The molecule has 1 aliphatic heterocycles. The van der Waals surface area contributed by atoms with Crippen molar-refractivity contribution in [1.29, 1.82) is 0 Å². The summed E-state index contributed by atoms with van der Waals surface area (Å²) in [6.45, 7) is 1.58. The van der Waals surface area contributed by atoms with Crippen LogP contribution >= 0.6 is 0 Å². The number of aliphatic hydroxyl groups is 1. The number of anilines is 1. The number of carbonyl (C=O) groups excluding carboxylic acids is 1. The van der Waals surface area contributed by atoms with E-state index in [-0.39, 0.29) is 11.9 Å². The van der Waals surface area contributed by atoms with Crippen molar-refractivity contribution in [1.82, 2.24) is 0 Å². The molecule has 1 unspecified atom stereocenters. The Hall–Kier alpha value is -1.35. The van der Waals surface area contributed by atoms with Gasteiger partial charge >= 0.3 is 0 Å². The molecule has 0 radical (unpaired) electrons. The smallest absolute Gasteiger partial charge is 0.252 e. The first-order valence-corrected chi connectivity index (χ1v) is 4.75. The van der Waals surface area contributed by atoms with Gasteiger partial charge < -0.3 is 10.0 Å². The molecule has 14 heavy (non-hydrogen) atoms. The lowest BCUT2D eigenvalue weighted by Crippen LogP contribution is -2.37. The molecule has 1 atom stereocenters. The standard InChI is InChI=1S/C11H13NO2/c1-8-6-9-4-2-3-5-10(9)12(8)11(14)7-13/h2-5,8,13H,6-7H2,1H3. The minimum atomic E-state index is -0.418. The van der Waals surface area contributed by atoms with Crippen molar-refractivity contribution in [3.05, 3.63) is 29.8 Å². The van der Waals surface area contributed by atoms with Gasteiger partial charge in [0.25, 0.3) is 5.91 Å². The van der Waals surface area contributed by atoms with Crippen LogP contribution in [0.15, 0.2) is 24.3 Å². The maximum Gasteiger partial charge on any atom is 0.252 e. The predicted molar refractivity (Wildman–Crippen MR) is 54.2 cm³/mol. The second-order valence-corrected chi connectivity index (χ2v) is 3.60. The van der Waals surface area contributed by atoms with E-state index in [1.165, 1.54) is 5.56 Å². The molecule has 74 valence electrons. The minimum Gasteiger partial charge on any atom is -0.387 e. The number of para-hydroxylation sites is 1. The van der Waals surface area contributed by atoms with Crippen LogP contribution < -0.4 is 4.90 Å². The van der Waals surface area contributed by atoms with Gasteiger partial charge in [0.2, 0.25) is 0 Å². The van der Waals surface area contributed by atoms with Crippen LogP contribution in [0, 0.1) is 0 Å². The zero-order valence-corrected chi connectivity index (χ0v) is 8.10. The number of rotatable bonds is 1. The molecule has 3 heteroatoms. The quantitative estimate of drug-likeness (QED) is 0.718. The Balaban J connectivity index is 2.39. The minimum absolute atomic E-state index is 0.159. The highest BCUT2D eigenvalue weighted by atomic mass is 16.3. The van der Waals surface area contributed by atoms with E-state index >= 15 is 0 Å². The van der Waals surface area contributed by atoms with Crippen LogP contribution in [0.4, 0.5) is 5.69 Å². The Morgan fingerprint density at radius 3 is 3.00 bits per heavy atom. The second-order valence-electron chi connectivity index (χ2n) is 3.60. The van der Waals surface area contributed by atoms with Gasteiger partial charge in [-0.1, -0.05) is 18.2 Å². The summed E-state index contributed by atoms with van der Waals surface area (Å²) in [4.78, 5) is 13.1. The molecule has 1 amide bonds. The lowest BCUT2D eigenvalue weighted by molar-refractivity contribution is -0.121. The third kappa shape index (κ3) is 1.30. The molecular formula is C11H13NO2. The third-order valence-electron chi connectivity index (χ3n) is 2.61. The molecule has 0 saturated carbocycles. The van der Waals surface area contributed by atoms with Crippen molar-refractivity contribution < 1.29 is 9.90 Å². The van der Waals surface area contributed by atoms with Crippen LogP contribution in [0.3, 0.4) is 0 Å². The molecule has 1 heterocycles. The highest BCUT2D eigenvalue weighted by Gasteiger charge is 2.29. The number of nitrogens with zero attached hydrogens (tertiary/aromatic N) is 1. The maximum absolute atomic E-state index is 11.5. The first kappa shape index (κ1) is 9.21. The SMILES string of the molecule is CC1Cc2ccccc2N1C(=O)CO. The fourth-order valence-electron chi connectivity index (χ4n) is 2.02. The number of fused-ring (bicyclic) bond motifs is 1. The Labute approximate surface area is 83.0 Å². The van der Waals surface area contributed by atoms with E-state index in [0.717, 1.165) is 12.1 Å². The predicted octanol–water partition coefficient (Wildman–Crippen LogP) is 0.957. The number of aliphatic hydroxyl groups excluding tert-OH is 1. The van der Waals surface area contributed by atoms with E-state index in [0.29, 0.717) is 0 Å². The molecule has 3 nitrogen and oxygen atoms in total. The summed E-state index contributed by atoms with van der Waals surface area (Å²) in [6, 6.07) is 7.99. The molecule has 0 aliphatic carbocycles. The average molecular weight is 191 g/mol. The van der Waals surface area contributed by atoms with Crippen molar-refractivity contribution in [2.45, 2.75) is 19.4 Å². The van der Waals surface area contributed by atoms with Crippen LogP contribution in [0.1, 0.15) is 12.5 Å². The lowest BCUT2D eigenvalue weighted by Gasteiger charge is -2.21. The van der Waals surface area contributed by atoms with E-state index in [1.54, 1.807) is 4.90 Å². The Morgan fingerprint density at radius 1 is 1.57 bits per heavy atom. The van der Waals surface area contributed by atoms with Gasteiger partial charge in [0, 0.05) is 11.7 Å². The number of benzene rings is 1. The zero-order valence-electron chi connectivity index (χ0n) is 8.10. The molecule has 0 aromatic heterocycles. The van der Waals surface area contributed by atoms with E-state index < -0.39 is 6.61 Å². The van der Waals surface area contributed by atoms with Crippen molar-refractivity contribution in [2.24, 2.45) is 0 Å². The summed E-state index contributed by atoms with van der Waals surface area (Å²) < 4.78 is 0. The topological polar surface area (TPSA) is 40.5 Å². The monoisotopic (exact) mass is 191 g/mol. The summed E-state index contributed by atoms with van der Waals surface area (Å²) in [6.07, 6.45) is 0.877. The van der Waals surface area contributed by atoms with Crippen molar-refractivity contribution in [2.75, 3.05) is 11.5 Å². The summed E-state index contributed by atoms with van der Waals surface area (Å²) in [7, 11) is 0. The second kappa shape index (κ2) is 3.42. The third-order valence-corrected chi connectivity index (χ3v) is 2.61. The van der Waals surface area contributed by atoms with Gasteiger partial charge in [-0.15, -0.1) is 0 Å². The molecular weight excluding hydrogens is 178 g/mol. The lowest BCUT2D eigenvalue weighted by atomic mass is 10.1. The van der Waals surface area contributed by atoms with Gasteiger partial charge in [0.05, 0.1) is 0 Å². The van der Waals surface area contributed by atoms with E-state index in [4.69, 9.17) is 5.11 Å². The largest absolute Gasteiger partial charge is 0.387 e. The van der Waals surface area contributed by atoms with Gasteiger partial charge in [-0.3, -0.25) is 4.79 Å². The van der Waals surface area contributed by atoms with Gasteiger partial charge in [0.15, 0.2) is 0 Å². The first-order valence-electron chi connectivity index (χ1n) is 4.75. The van der Waals surface area contributed by atoms with E-state index in [1.807, 2.05) is 31.2 Å². The summed E-state index contributed by atoms with van der Waals surface area (Å²) in [5, 5.41) is 8.85. The van der Waals surface area contributed by atoms with Gasteiger partial charge in [0.1, 0.15) is 6.61 Å². The average Bonchev–Trinajstić information content (AvgIpc) is 2.53. The highest BCUT2D eigenvalue weighted by molar-refractivity contribution is 5.96. The van der Waals surface area contributed by atoms with Crippen molar-refractivity contribution in [3.8, 4) is 0 Å². The molecule has 2 rings (SSSR count). The molecule has 1 N–H and O–H groups in total. The number of hydrogen-bond donors (Lipinski definition) is 1. The highest BCUT2D eigenvalue weighted by Crippen LogP contribution is 2.31. The molecule has 0 saturated heterocycles. The van der Waals surface area contributed by atoms with Crippen molar-refractivity contribution >= 4 is 11.6 Å². The molecule has 1 aliphatic rings.